The second-order valence-electron chi connectivity index (χ2n) is 6.04. The first kappa shape index (κ1) is 15.1. The van der Waals surface area contributed by atoms with Gasteiger partial charge in [-0.1, -0.05) is 24.6 Å². The third kappa shape index (κ3) is 2.79. The van der Waals surface area contributed by atoms with Crippen molar-refractivity contribution in [3.63, 3.8) is 0 Å². The van der Waals surface area contributed by atoms with E-state index in [-0.39, 0.29) is 0 Å². The smallest absolute Gasteiger partial charge is 0.111 e. The Kier molecular flexibility index (Phi) is 4.43. The van der Waals surface area contributed by atoms with Gasteiger partial charge in [-0.2, -0.15) is 0 Å². The third-order valence-corrected chi connectivity index (χ3v) is 4.94. The maximum absolute atomic E-state index is 6.47. The van der Waals surface area contributed by atoms with Gasteiger partial charge in [0.2, 0.25) is 0 Å². The van der Waals surface area contributed by atoms with E-state index in [1.54, 1.807) is 0 Å². The molecule has 2 atom stereocenters. The number of imidazole rings is 1. The molecule has 0 radical (unpaired) electrons. The summed E-state index contributed by atoms with van der Waals surface area (Å²) in [4.78, 5) is 7.16. The Morgan fingerprint density at radius 1 is 1.38 bits per heavy atom. The van der Waals surface area contributed by atoms with Gasteiger partial charge >= 0.3 is 0 Å². The molecular formula is C16H21Cl2N3. The Balaban J connectivity index is 2.12. The highest BCUT2D eigenvalue weighted by Crippen LogP contribution is 2.35. The highest BCUT2D eigenvalue weighted by molar-refractivity contribution is 6.35. The number of aryl methyl sites for hydroxylation is 1. The van der Waals surface area contributed by atoms with Gasteiger partial charge in [0.1, 0.15) is 5.82 Å². The number of alkyl halides is 1. The fourth-order valence-corrected chi connectivity index (χ4v) is 3.93. The number of rotatable bonds is 3. The Morgan fingerprint density at radius 2 is 2.19 bits per heavy atom. The first-order chi connectivity index (χ1) is 10.1. The normalized spacial score (nSPS) is 23.8. The molecule has 2 aromatic rings. The van der Waals surface area contributed by atoms with Crippen molar-refractivity contribution in [1.29, 1.82) is 0 Å². The molecule has 3 nitrogen and oxygen atoms in total. The van der Waals surface area contributed by atoms with Crippen molar-refractivity contribution < 1.29 is 0 Å². The molecular weight excluding hydrogens is 305 g/mol. The second-order valence-corrected chi connectivity index (χ2v) is 6.83. The Hall–Kier alpha value is -0.770. The second kappa shape index (κ2) is 6.15. The zero-order valence-corrected chi connectivity index (χ0v) is 14.0. The van der Waals surface area contributed by atoms with Crippen molar-refractivity contribution in [1.82, 2.24) is 14.5 Å². The summed E-state index contributed by atoms with van der Waals surface area (Å²) in [6.07, 6.45) is 1.91. The van der Waals surface area contributed by atoms with Gasteiger partial charge in [-0.3, -0.25) is 0 Å². The van der Waals surface area contributed by atoms with E-state index in [1.807, 2.05) is 18.2 Å². The Bertz CT molecular complexity index is 638. The molecule has 2 unspecified atom stereocenters. The van der Waals surface area contributed by atoms with Crippen LogP contribution in [0, 0.1) is 5.92 Å². The summed E-state index contributed by atoms with van der Waals surface area (Å²) in [6.45, 7) is 4.53. The molecule has 0 N–H and O–H groups in total. The summed E-state index contributed by atoms with van der Waals surface area (Å²) in [6, 6.07) is 6.40. The minimum Gasteiger partial charge on any atom is -0.323 e. The molecule has 0 aliphatic carbocycles. The van der Waals surface area contributed by atoms with E-state index in [0.717, 1.165) is 47.8 Å². The van der Waals surface area contributed by atoms with Crippen molar-refractivity contribution in [3.8, 4) is 0 Å². The zero-order valence-electron chi connectivity index (χ0n) is 12.5. The third-order valence-electron chi connectivity index (χ3n) is 4.45. The monoisotopic (exact) mass is 325 g/mol. The molecule has 1 fully saturated rings. The summed E-state index contributed by atoms with van der Waals surface area (Å²) in [5.74, 6) is 2.23. The van der Waals surface area contributed by atoms with E-state index in [0.29, 0.717) is 17.8 Å². The van der Waals surface area contributed by atoms with Gasteiger partial charge < -0.3 is 9.47 Å². The molecule has 0 spiro atoms. The lowest BCUT2D eigenvalue weighted by atomic mass is 9.93. The lowest BCUT2D eigenvalue weighted by Gasteiger charge is -2.36. The number of piperidine rings is 1. The van der Waals surface area contributed by atoms with Gasteiger partial charge in [-0.25, -0.2) is 4.98 Å². The van der Waals surface area contributed by atoms with Gasteiger partial charge in [0.25, 0.3) is 0 Å². The lowest BCUT2D eigenvalue weighted by Crippen LogP contribution is -2.38. The molecule has 21 heavy (non-hydrogen) atoms. The molecule has 1 aliphatic rings. The van der Waals surface area contributed by atoms with E-state index < -0.39 is 0 Å². The van der Waals surface area contributed by atoms with Gasteiger partial charge in [0.15, 0.2) is 0 Å². The van der Waals surface area contributed by atoms with Crippen LogP contribution in [0.1, 0.15) is 25.2 Å². The summed E-state index contributed by atoms with van der Waals surface area (Å²) in [7, 11) is 2.19. The van der Waals surface area contributed by atoms with Crippen LogP contribution in [0.25, 0.3) is 11.0 Å². The molecule has 0 amide bonds. The van der Waals surface area contributed by atoms with Crippen molar-refractivity contribution >= 4 is 34.2 Å². The highest BCUT2D eigenvalue weighted by Gasteiger charge is 2.29. The summed E-state index contributed by atoms with van der Waals surface area (Å²) in [5, 5.41) is 0.784. The van der Waals surface area contributed by atoms with Crippen LogP contribution >= 0.6 is 23.2 Å². The van der Waals surface area contributed by atoms with Gasteiger partial charge in [0.05, 0.1) is 16.1 Å². The van der Waals surface area contributed by atoms with Crippen LogP contribution in [0.5, 0.6) is 0 Å². The molecule has 1 aromatic carbocycles. The Morgan fingerprint density at radius 3 is 2.90 bits per heavy atom. The molecule has 5 heteroatoms. The van der Waals surface area contributed by atoms with E-state index >= 15 is 0 Å². The Labute approximate surface area is 135 Å². The van der Waals surface area contributed by atoms with E-state index in [9.17, 15) is 0 Å². The van der Waals surface area contributed by atoms with Gasteiger partial charge in [-0.05, 0) is 38.1 Å². The predicted octanol–water partition coefficient (Wildman–Crippen LogP) is 3.98. The fourth-order valence-electron chi connectivity index (χ4n) is 3.50. The number of benzene rings is 1. The molecule has 2 heterocycles. The number of nitrogens with zero attached hydrogens (tertiary/aromatic N) is 3. The number of fused-ring (bicyclic) bond motifs is 1. The topological polar surface area (TPSA) is 21.1 Å². The average Bonchev–Trinajstić information content (AvgIpc) is 2.79. The van der Waals surface area contributed by atoms with Crippen molar-refractivity contribution in [2.24, 2.45) is 5.92 Å². The lowest BCUT2D eigenvalue weighted by molar-refractivity contribution is 0.159. The van der Waals surface area contributed by atoms with Crippen LogP contribution in [-0.2, 0) is 6.42 Å². The molecule has 0 saturated carbocycles. The number of hydrogen-bond acceptors (Lipinski definition) is 2. The fraction of sp³-hybridized carbons (Fsp3) is 0.562. The van der Waals surface area contributed by atoms with Crippen LogP contribution in [0.15, 0.2) is 18.2 Å². The number of halogens is 2. The number of hydrogen-bond donors (Lipinski definition) is 0. The maximum Gasteiger partial charge on any atom is 0.111 e. The molecule has 0 bridgehead atoms. The van der Waals surface area contributed by atoms with Crippen molar-refractivity contribution in [2.45, 2.75) is 25.8 Å². The van der Waals surface area contributed by atoms with Gasteiger partial charge in [-0.15, -0.1) is 11.6 Å². The quantitative estimate of drug-likeness (QED) is 0.796. The van der Waals surface area contributed by atoms with Crippen molar-refractivity contribution in [3.05, 3.63) is 29.0 Å². The molecule has 1 aromatic heterocycles. The molecule has 1 aliphatic heterocycles. The minimum absolute atomic E-state index is 0.448. The first-order valence-electron chi connectivity index (χ1n) is 7.51. The molecule has 114 valence electrons. The minimum atomic E-state index is 0.448. The van der Waals surface area contributed by atoms with E-state index in [4.69, 9.17) is 28.2 Å². The standard InChI is InChI=1S/C16H21Cl2N3/c1-11-10-20(2)9-7-14(11)21-15(6-8-17)19-13-5-3-4-12(18)16(13)21/h3-5,11,14H,6-10H2,1-2H3. The maximum atomic E-state index is 6.47. The average molecular weight is 326 g/mol. The van der Waals surface area contributed by atoms with Crippen LogP contribution in [0.4, 0.5) is 0 Å². The van der Waals surface area contributed by atoms with E-state index in [1.165, 1.54) is 0 Å². The largest absolute Gasteiger partial charge is 0.323 e. The molecule has 1 saturated heterocycles. The summed E-state index contributed by atoms with van der Waals surface area (Å²) < 4.78 is 2.36. The molecule has 3 rings (SSSR count). The summed E-state index contributed by atoms with van der Waals surface area (Å²) >= 11 is 12.4. The van der Waals surface area contributed by atoms with Crippen LogP contribution in [0.3, 0.4) is 0 Å². The predicted molar refractivity (Wildman–Crippen MR) is 89.5 cm³/mol. The highest BCUT2D eigenvalue weighted by atomic mass is 35.5. The number of para-hydroxylation sites is 1. The van der Waals surface area contributed by atoms with Crippen molar-refractivity contribution in [2.75, 3.05) is 26.0 Å². The van der Waals surface area contributed by atoms with Crippen LogP contribution in [-0.4, -0.2) is 40.5 Å². The van der Waals surface area contributed by atoms with Crippen LogP contribution < -0.4 is 0 Å². The number of likely N-dealkylation sites (tertiary alicyclic amines) is 1. The van der Waals surface area contributed by atoms with Gasteiger partial charge in [0, 0.05) is 24.9 Å². The van der Waals surface area contributed by atoms with Crippen LogP contribution in [0.2, 0.25) is 5.02 Å². The SMILES string of the molecule is CC1CN(C)CCC1n1c(CCCl)nc2cccc(Cl)c21. The summed E-state index contributed by atoms with van der Waals surface area (Å²) in [5.41, 5.74) is 2.05. The first-order valence-corrected chi connectivity index (χ1v) is 8.43. The zero-order chi connectivity index (χ0) is 15.0. The van der Waals surface area contributed by atoms with E-state index in [2.05, 4.69) is 23.4 Å². The number of aromatic nitrogens is 2.